The minimum atomic E-state index is -2.15. The number of carbonyl (C=O) groups excluding carboxylic acids is 3. The van der Waals surface area contributed by atoms with Crippen LogP contribution >= 0.6 is 0 Å². The Labute approximate surface area is 248 Å². The summed E-state index contributed by atoms with van der Waals surface area (Å²) < 4.78 is 21.3. The average molecular weight is 634 g/mol. The fourth-order valence-electron chi connectivity index (χ4n) is 4.78. The predicted molar refractivity (Wildman–Crippen MR) is 139 cm³/mol. The second-order valence-electron chi connectivity index (χ2n) is 9.76. The van der Waals surface area contributed by atoms with Gasteiger partial charge in [-0.15, -0.1) is 0 Å². The zero-order valence-corrected chi connectivity index (χ0v) is 22.2. The molecule has 3 aromatic carbocycles. The van der Waals surface area contributed by atoms with Gasteiger partial charge in [-0.05, 0) is 24.3 Å². The summed E-state index contributed by atoms with van der Waals surface area (Å²) >= 11 is 0. The first-order valence-electron chi connectivity index (χ1n) is 12.5. The highest BCUT2D eigenvalue weighted by molar-refractivity contribution is 6.08. The number of hydrogen-bond acceptors (Lipinski definition) is 18. The van der Waals surface area contributed by atoms with E-state index in [1.807, 2.05) is 0 Å². The lowest BCUT2D eigenvalue weighted by molar-refractivity contribution is -0.283. The molecule has 5 atom stereocenters. The number of phenolic OH excluding ortho intramolecular Hbond substituents is 9. The first kappa shape index (κ1) is 30.6. The third-order valence-corrected chi connectivity index (χ3v) is 7.01. The van der Waals surface area contributed by atoms with Gasteiger partial charge in [0, 0.05) is 11.1 Å². The van der Waals surface area contributed by atoms with Crippen LogP contribution in [0.5, 0.6) is 51.7 Å². The van der Waals surface area contributed by atoms with Gasteiger partial charge in [0.2, 0.25) is 23.9 Å². The highest BCUT2D eigenvalue weighted by atomic mass is 16.7. The number of aromatic hydroxyl groups is 9. The van der Waals surface area contributed by atoms with Gasteiger partial charge in [0.25, 0.3) is 0 Å². The summed E-state index contributed by atoms with van der Waals surface area (Å²) in [5.41, 5.74) is -4.17. The summed E-state index contributed by atoms with van der Waals surface area (Å²) in [6, 6.07) is 2.42. The van der Waals surface area contributed by atoms with E-state index in [0.29, 0.717) is 24.3 Å². The van der Waals surface area contributed by atoms with Crippen molar-refractivity contribution in [1.82, 2.24) is 0 Å². The lowest BCUT2D eigenvalue weighted by Gasteiger charge is -2.42. The fourth-order valence-corrected chi connectivity index (χ4v) is 4.78. The van der Waals surface area contributed by atoms with Crippen LogP contribution in [0.15, 0.2) is 24.3 Å². The molecule has 0 bridgehead atoms. The van der Waals surface area contributed by atoms with E-state index in [0.717, 1.165) is 0 Å². The van der Waals surface area contributed by atoms with Crippen molar-refractivity contribution in [3.8, 4) is 62.9 Å². The smallest absolute Gasteiger partial charge is 0.340 e. The Bertz CT molecular complexity index is 1730. The lowest BCUT2D eigenvalue weighted by Crippen LogP contribution is -2.62. The van der Waals surface area contributed by atoms with Gasteiger partial charge in [-0.25, -0.2) is 14.4 Å². The van der Waals surface area contributed by atoms with Crippen LogP contribution in [0.25, 0.3) is 11.1 Å². The lowest BCUT2D eigenvalue weighted by atomic mass is 9.91. The number of phenols is 9. The third kappa shape index (κ3) is 4.97. The molecule has 3 aromatic rings. The molecule has 11 N–H and O–H groups in total. The van der Waals surface area contributed by atoms with Crippen LogP contribution in [0.1, 0.15) is 31.1 Å². The number of rotatable bonds is 3. The van der Waals surface area contributed by atoms with E-state index in [1.165, 1.54) is 0 Å². The fraction of sp³-hybridized carbons (Fsp3) is 0.222. The maximum atomic E-state index is 13.6. The van der Waals surface area contributed by atoms with Gasteiger partial charge in [-0.2, -0.15) is 0 Å². The van der Waals surface area contributed by atoms with Gasteiger partial charge in [0.1, 0.15) is 12.2 Å². The molecular weight excluding hydrogens is 612 g/mol. The Balaban J connectivity index is 1.68. The highest BCUT2D eigenvalue weighted by Gasteiger charge is 2.52. The second kappa shape index (κ2) is 11.0. The number of ether oxygens (including phenoxy) is 4. The molecule has 1 saturated heterocycles. The molecule has 0 saturated carbocycles. The Morgan fingerprint density at radius 1 is 0.667 bits per heavy atom. The van der Waals surface area contributed by atoms with E-state index >= 15 is 0 Å². The predicted octanol–water partition coefficient (Wildman–Crippen LogP) is -0.297. The van der Waals surface area contributed by atoms with Crippen molar-refractivity contribution in [3.63, 3.8) is 0 Å². The number of fused-ring (bicyclic) bond motifs is 4. The summed E-state index contributed by atoms with van der Waals surface area (Å²) in [6.07, 6.45) is -10.1. The van der Waals surface area contributed by atoms with Crippen molar-refractivity contribution in [2.75, 3.05) is 6.61 Å². The SMILES string of the molecule is O=C(O[C@@H]1O[C@@H](CO)[C@@H](O)[C@@H]2OC(=O)c3cc(O)c(O)c(O)c3-c3c(cc(O)c(O)c3O)C(=O)O[C@@H]12)c1cc(O)c(O)c(O)c1. The van der Waals surface area contributed by atoms with Crippen molar-refractivity contribution in [2.24, 2.45) is 0 Å². The topological polar surface area (TPSA) is 311 Å². The molecule has 238 valence electrons. The number of carbonyl (C=O) groups is 3. The summed E-state index contributed by atoms with van der Waals surface area (Å²) in [4.78, 5) is 40.0. The van der Waals surface area contributed by atoms with E-state index in [9.17, 15) is 70.6 Å². The second-order valence-corrected chi connectivity index (χ2v) is 9.76. The third-order valence-electron chi connectivity index (χ3n) is 7.01. The first-order chi connectivity index (χ1) is 21.2. The number of aliphatic hydroxyl groups excluding tert-OH is 2. The minimum Gasteiger partial charge on any atom is -0.504 e. The van der Waals surface area contributed by atoms with Crippen molar-refractivity contribution in [1.29, 1.82) is 0 Å². The Morgan fingerprint density at radius 3 is 1.58 bits per heavy atom. The first-order valence-corrected chi connectivity index (χ1v) is 12.5. The summed E-state index contributed by atoms with van der Waals surface area (Å²) in [5.74, 6) is -14.7. The number of esters is 3. The molecule has 1 fully saturated rings. The molecule has 45 heavy (non-hydrogen) atoms. The van der Waals surface area contributed by atoms with Crippen molar-refractivity contribution in [3.05, 3.63) is 41.0 Å². The highest BCUT2D eigenvalue weighted by Crippen LogP contribution is 2.53. The zero-order valence-electron chi connectivity index (χ0n) is 22.2. The van der Waals surface area contributed by atoms with Crippen molar-refractivity contribution < 1.29 is 89.5 Å². The quantitative estimate of drug-likeness (QED) is 0.100. The molecule has 18 nitrogen and oxygen atoms in total. The van der Waals surface area contributed by atoms with E-state index in [4.69, 9.17) is 18.9 Å². The van der Waals surface area contributed by atoms with E-state index in [-0.39, 0.29) is 0 Å². The van der Waals surface area contributed by atoms with Crippen LogP contribution in [0, 0.1) is 0 Å². The van der Waals surface area contributed by atoms with Crippen LogP contribution in [0.2, 0.25) is 0 Å². The Hall–Kier alpha value is -5.85. The molecule has 2 aliphatic rings. The molecule has 2 heterocycles. The number of benzene rings is 3. The van der Waals surface area contributed by atoms with Gasteiger partial charge in [-0.1, -0.05) is 0 Å². The van der Waals surface area contributed by atoms with Crippen LogP contribution in [-0.4, -0.2) is 111 Å². The molecule has 0 aromatic heterocycles. The molecule has 0 aliphatic carbocycles. The molecule has 2 aliphatic heterocycles. The summed E-state index contributed by atoms with van der Waals surface area (Å²) in [5, 5.41) is 112. The average Bonchev–Trinajstić information content (AvgIpc) is 2.99. The van der Waals surface area contributed by atoms with Gasteiger partial charge < -0.3 is 75.1 Å². The summed E-state index contributed by atoms with van der Waals surface area (Å²) in [6.45, 7) is -0.999. The van der Waals surface area contributed by atoms with E-state index in [2.05, 4.69) is 0 Å². The van der Waals surface area contributed by atoms with Crippen LogP contribution < -0.4 is 0 Å². The Kier molecular flexibility index (Phi) is 7.49. The number of aliphatic hydroxyl groups is 2. The normalized spacial score (nSPS) is 22.7. The van der Waals surface area contributed by atoms with Crippen LogP contribution in [-0.2, 0) is 18.9 Å². The van der Waals surface area contributed by atoms with Crippen molar-refractivity contribution >= 4 is 17.9 Å². The zero-order chi connectivity index (χ0) is 33.1. The van der Waals surface area contributed by atoms with Gasteiger partial charge in [0.05, 0.1) is 23.3 Å². The van der Waals surface area contributed by atoms with E-state index < -0.39 is 135 Å². The summed E-state index contributed by atoms with van der Waals surface area (Å²) in [7, 11) is 0. The molecule has 5 rings (SSSR count). The standard InChI is InChI=1S/C27H22O18/c28-5-13-19(36)22-23(27(42-13)45-24(39)6-1-9(29)16(33)10(30)2-6)44-26(41)8-4-12(32)18(35)21(38)15(8)14-7(25(40)43-22)3-11(31)17(34)20(14)37/h1-4,13,19,22-23,27-38H,5H2/t13-,19+,22-,23+,27-/m0/s1. The number of hydrogen-bond donors (Lipinski definition) is 11. The molecular formula is C27H22O18. The van der Waals surface area contributed by atoms with Gasteiger partial charge in [-0.3, -0.25) is 0 Å². The molecule has 0 amide bonds. The molecule has 18 heteroatoms. The minimum absolute atomic E-state index is 0.529. The monoisotopic (exact) mass is 634 g/mol. The van der Waals surface area contributed by atoms with Gasteiger partial charge >= 0.3 is 17.9 Å². The van der Waals surface area contributed by atoms with Gasteiger partial charge in [0.15, 0.2) is 46.4 Å². The molecule has 0 radical (unpaired) electrons. The largest absolute Gasteiger partial charge is 0.504 e. The molecule has 0 unspecified atom stereocenters. The van der Waals surface area contributed by atoms with E-state index in [1.54, 1.807) is 0 Å². The maximum absolute atomic E-state index is 13.6. The van der Waals surface area contributed by atoms with Crippen LogP contribution in [0.4, 0.5) is 0 Å². The van der Waals surface area contributed by atoms with Crippen LogP contribution in [0.3, 0.4) is 0 Å². The molecule has 0 spiro atoms. The maximum Gasteiger partial charge on any atom is 0.340 e. The van der Waals surface area contributed by atoms with Crippen molar-refractivity contribution in [2.45, 2.75) is 30.7 Å². The Morgan fingerprint density at radius 2 is 1.11 bits per heavy atom.